The van der Waals surface area contributed by atoms with E-state index in [-0.39, 0.29) is 0 Å². The fraction of sp³-hybridized carbons (Fsp3) is 0.667. The van der Waals surface area contributed by atoms with Crippen LogP contribution in [-0.2, 0) is 4.74 Å². The highest BCUT2D eigenvalue weighted by molar-refractivity contribution is 5.63. The number of hydrogen-bond acceptors (Lipinski definition) is 1. The van der Waals surface area contributed by atoms with Crippen LogP contribution in [0.2, 0.25) is 0 Å². The van der Waals surface area contributed by atoms with Crippen LogP contribution < -0.4 is 0 Å². The van der Waals surface area contributed by atoms with Gasteiger partial charge in [0.15, 0.2) is 0 Å². The number of hydrogen-bond donors (Lipinski definition) is 0. The summed E-state index contributed by atoms with van der Waals surface area (Å²) in [4.78, 5) is 0. The third kappa shape index (κ3) is 0.521. The Bertz CT molecular complexity index is 652. The summed E-state index contributed by atoms with van der Waals surface area (Å²) in [5, 5.41) is 0. The van der Waals surface area contributed by atoms with Gasteiger partial charge in [-0.15, -0.1) is 0 Å². The molecule has 1 aliphatic heterocycles. The van der Waals surface area contributed by atoms with Crippen molar-refractivity contribution in [1.82, 2.24) is 0 Å². The topological polar surface area (TPSA) is 12.5 Å². The van der Waals surface area contributed by atoms with Crippen molar-refractivity contribution in [2.45, 2.75) is 36.9 Å². The molecule has 10 atom stereocenters. The molecule has 94 valence electrons. The molecule has 2 spiro atoms. The van der Waals surface area contributed by atoms with Crippen LogP contribution in [0.3, 0.4) is 0 Å². The molecule has 0 aromatic heterocycles. The van der Waals surface area contributed by atoms with E-state index in [0.717, 1.165) is 46.3 Å². The van der Waals surface area contributed by atoms with E-state index in [2.05, 4.69) is 24.3 Å². The predicted octanol–water partition coefficient (Wildman–Crippen LogP) is 2.92. The molecule has 6 fully saturated rings. The van der Waals surface area contributed by atoms with Crippen LogP contribution in [0.15, 0.2) is 24.3 Å². The van der Waals surface area contributed by atoms with Crippen molar-refractivity contribution in [1.29, 1.82) is 0 Å². The largest absolute Gasteiger partial charge is 0.370 e. The Labute approximate surface area is 112 Å². The Balaban J connectivity index is 1.52. The summed E-state index contributed by atoms with van der Waals surface area (Å²) in [6.07, 6.45) is 4.19. The molecule has 0 N–H and O–H groups in total. The molecule has 9 rings (SSSR count). The zero-order valence-electron chi connectivity index (χ0n) is 10.8. The van der Waals surface area contributed by atoms with Gasteiger partial charge >= 0.3 is 0 Å². The summed E-state index contributed by atoms with van der Waals surface area (Å²) in [6, 6.07) is 9.51. The average Bonchev–Trinajstić information content (AvgIpc) is 3.33. The normalized spacial score (nSPS) is 73.1. The molecule has 0 amide bonds. The first-order chi connectivity index (χ1) is 9.39. The van der Waals surface area contributed by atoms with Gasteiger partial charge in [0.1, 0.15) is 0 Å². The number of epoxide rings is 1. The lowest BCUT2D eigenvalue weighted by molar-refractivity contribution is 0.106. The molecule has 2 bridgehead atoms. The van der Waals surface area contributed by atoms with Crippen molar-refractivity contribution >= 4 is 0 Å². The Hall–Kier alpha value is -0.820. The molecule has 2 unspecified atom stereocenters. The van der Waals surface area contributed by atoms with Crippen molar-refractivity contribution in [3.8, 4) is 0 Å². The summed E-state index contributed by atoms with van der Waals surface area (Å²) in [5.74, 6) is 6.34. The minimum absolute atomic E-state index is 0.667. The molecular weight excluding hydrogens is 232 g/mol. The number of rotatable bonds is 0. The SMILES string of the molecule is c1ccc2c(c1)[C@@H]1[C@@H]3C4C5[C@@]16C[C@H]1O[C@@H]1C[C@]56[C@H]2[C@H]43. The molecule has 1 aromatic rings. The third-order valence-electron chi connectivity index (χ3n) is 8.78. The molecule has 1 saturated heterocycles. The summed E-state index contributed by atoms with van der Waals surface area (Å²) >= 11 is 0. The van der Waals surface area contributed by atoms with Crippen molar-refractivity contribution in [2.24, 2.45) is 34.5 Å². The van der Waals surface area contributed by atoms with E-state index in [1.165, 1.54) is 12.8 Å². The van der Waals surface area contributed by atoms with E-state index in [4.69, 9.17) is 4.74 Å². The van der Waals surface area contributed by atoms with E-state index in [1.807, 2.05) is 0 Å². The summed E-state index contributed by atoms with van der Waals surface area (Å²) in [5.41, 5.74) is 5.00. The fourth-order valence-corrected chi connectivity index (χ4v) is 8.88. The summed E-state index contributed by atoms with van der Waals surface area (Å²) < 4.78 is 5.96. The van der Waals surface area contributed by atoms with Crippen molar-refractivity contribution in [2.75, 3.05) is 0 Å². The molecule has 7 aliphatic carbocycles. The van der Waals surface area contributed by atoms with E-state index in [9.17, 15) is 0 Å². The van der Waals surface area contributed by atoms with Gasteiger partial charge in [0, 0.05) is 0 Å². The molecule has 1 nitrogen and oxygen atoms in total. The Morgan fingerprint density at radius 3 is 2.00 bits per heavy atom. The van der Waals surface area contributed by atoms with Gasteiger partial charge in [-0.1, -0.05) is 24.3 Å². The van der Waals surface area contributed by atoms with Gasteiger partial charge in [0.2, 0.25) is 0 Å². The van der Waals surface area contributed by atoms with E-state index in [1.54, 1.807) is 11.1 Å². The maximum Gasteiger partial charge on any atom is 0.0848 e. The van der Waals surface area contributed by atoms with Crippen molar-refractivity contribution in [3.05, 3.63) is 35.4 Å². The van der Waals surface area contributed by atoms with E-state index >= 15 is 0 Å². The second-order valence-corrected chi connectivity index (χ2v) is 8.50. The highest BCUT2D eigenvalue weighted by Crippen LogP contribution is 3.07. The number of ether oxygens (including phenoxy) is 1. The van der Waals surface area contributed by atoms with Crippen LogP contribution >= 0.6 is 0 Å². The van der Waals surface area contributed by atoms with Crippen LogP contribution in [0.4, 0.5) is 0 Å². The quantitative estimate of drug-likeness (QED) is 0.643. The Kier molecular flexibility index (Phi) is 0.863. The van der Waals surface area contributed by atoms with Gasteiger partial charge in [-0.3, -0.25) is 0 Å². The second-order valence-electron chi connectivity index (χ2n) is 8.50. The second kappa shape index (κ2) is 1.94. The molecule has 5 saturated carbocycles. The van der Waals surface area contributed by atoms with Crippen molar-refractivity contribution < 1.29 is 4.74 Å². The van der Waals surface area contributed by atoms with E-state index < -0.39 is 0 Å². The Morgan fingerprint density at radius 1 is 0.842 bits per heavy atom. The number of fused-ring (bicyclic) bond motifs is 1. The molecule has 19 heavy (non-hydrogen) atoms. The van der Waals surface area contributed by atoms with Gasteiger partial charge in [-0.05, 0) is 70.3 Å². The monoisotopic (exact) mass is 248 g/mol. The van der Waals surface area contributed by atoms with Crippen LogP contribution in [0.25, 0.3) is 0 Å². The van der Waals surface area contributed by atoms with Gasteiger partial charge < -0.3 is 4.74 Å². The average molecular weight is 248 g/mol. The highest BCUT2D eigenvalue weighted by Gasteiger charge is 3.02. The molecule has 1 heterocycles. The molecule has 8 aliphatic rings. The van der Waals surface area contributed by atoms with E-state index in [0.29, 0.717) is 12.2 Å². The third-order valence-corrected chi connectivity index (χ3v) is 8.78. The van der Waals surface area contributed by atoms with Gasteiger partial charge in [-0.2, -0.15) is 0 Å². The first kappa shape index (κ1) is 8.46. The van der Waals surface area contributed by atoms with Crippen LogP contribution in [0.1, 0.15) is 35.8 Å². The smallest absolute Gasteiger partial charge is 0.0848 e. The van der Waals surface area contributed by atoms with Crippen molar-refractivity contribution in [3.63, 3.8) is 0 Å². The highest BCUT2D eigenvalue weighted by atomic mass is 16.6. The molecule has 0 radical (unpaired) electrons. The number of benzene rings is 1. The minimum atomic E-state index is 0.667. The lowest BCUT2D eigenvalue weighted by Gasteiger charge is -2.50. The van der Waals surface area contributed by atoms with Gasteiger partial charge in [0.05, 0.1) is 12.2 Å². The minimum Gasteiger partial charge on any atom is -0.370 e. The van der Waals surface area contributed by atoms with Crippen LogP contribution in [0, 0.1) is 34.5 Å². The summed E-state index contributed by atoms with van der Waals surface area (Å²) in [7, 11) is 0. The molecular formula is C18H16O. The standard InChI is InChI=1S/C18H16O/c1-2-4-8-7(3-1)14-11-12-13(11)16-17(14)5-9-10(19-9)6-18(16,17)15(8)12/h1-4,9-16H,5-6H2/t9-,10-,11+,12+,13?,14-,15-,16?,17-,18+/m1/s1. The summed E-state index contributed by atoms with van der Waals surface area (Å²) in [6.45, 7) is 0. The Morgan fingerprint density at radius 2 is 1.42 bits per heavy atom. The maximum absolute atomic E-state index is 5.96. The lowest BCUT2D eigenvalue weighted by Crippen LogP contribution is -2.43. The maximum atomic E-state index is 5.96. The van der Waals surface area contributed by atoms with Crippen LogP contribution in [0.5, 0.6) is 0 Å². The van der Waals surface area contributed by atoms with Gasteiger partial charge in [-0.25, -0.2) is 0 Å². The van der Waals surface area contributed by atoms with Gasteiger partial charge in [0.25, 0.3) is 0 Å². The first-order valence-electron chi connectivity index (χ1n) is 8.14. The fourth-order valence-electron chi connectivity index (χ4n) is 8.88. The van der Waals surface area contributed by atoms with Crippen LogP contribution in [-0.4, -0.2) is 12.2 Å². The molecule has 1 aromatic carbocycles. The zero-order chi connectivity index (χ0) is 11.7. The molecule has 1 heteroatoms. The predicted molar refractivity (Wildman–Crippen MR) is 68.6 cm³/mol. The lowest BCUT2D eigenvalue weighted by atomic mass is 9.53. The first-order valence-corrected chi connectivity index (χ1v) is 8.14. The zero-order valence-corrected chi connectivity index (χ0v) is 10.8.